The number of aryl methyl sites for hydroxylation is 3. The second-order valence-corrected chi connectivity index (χ2v) is 6.69. The van der Waals surface area contributed by atoms with E-state index in [1.165, 1.54) is 11.3 Å². The lowest BCUT2D eigenvalue weighted by Crippen LogP contribution is -2.35. The van der Waals surface area contributed by atoms with Gasteiger partial charge in [0.2, 0.25) is 5.91 Å². The van der Waals surface area contributed by atoms with E-state index in [9.17, 15) is 4.79 Å². The molecule has 0 aliphatic heterocycles. The minimum atomic E-state index is 0.0627. The summed E-state index contributed by atoms with van der Waals surface area (Å²) in [5.41, 5.74) is 4.53. The Kier molecular flexibility index (Phi) is 6.62. The van der Waals surface area contributed by atoms with Gasteiger partial charge in [-0.2, -0.15) is 5.10 Å². The normalized spacial score (nSPS) is 12.0. The molecule has 0 radical (unpaired) electrons. The highest BCUT2D eigenvalue weighted by Crippen LogP contribution is 2.16. The van der Waals surface area contributed by atoms with E-state index in [4.69, 9.17) is 0 Å². The van der Waals surface area contributed by atoms with Crippen LogP contribution in [0.3, 0.4) is 0 Å². The third-order valence-electron chi connectivity index (χ3n) is 4.40. The van der Waals surface area contributed by atoms with Gasteiger partial charge in [0.1, 0.15) is 0 Å². The summed E-state index contributed by atoms with van der Waals surface area (Å²) >= 11 is 0. The maximum Gasteiger partial charge on any atom is 0.222 e. The molecule has 0 saturated heterocycles. The van der Waals surface area contributed by atoms with Crippen LogP contribution in [0.1, 0.15) is 43.3 Å². The van der Waals surface area contributed by atoms with E-state index in [0.29, 0.717) is 13.0 Å². The number of hydrogen-bond acceptors (Lipinski definition) is 3. The maximum absolute atomic E-state index is 12.2. The summed E-state index contributed by atoms with van der Waals surface area (Å²) in [6.07, 6.45) is 0.443. The average Bonchev–Trinajstić information content (AvgIpc) is 2.90. The van der Waals surface area contributed by atoms with Crippen molar-refractivity contribution in [2.24, 2.45) is 0 Å². The molecule has 5 nitrogen and oxygen atoms in total. The number of anilines is 1. The Morgan fingerprint density at radius 1 is 1.28 bits per heavy atom. The number of rotatable bonds is 8. The summed E-state index contributed by atoms with van der Waals surface area (Å²) in [7, 11) is 0. The zero-order valence-corrected chi connectivity index (χ0v) is 16.0. The fourth-order valence-corrected chi connectivity index (χ4v) is 3.14. The fourth-order valence-electron chi connectivity index (χ4n) is 3.14. The molecule has 0 saturated carbocycles. The highest BCUT2D eigenvalue weighted by molar-refractivity contribution is 5.76. The predicted octanol–water partition coefficient (Wildman–Crippen LogP) is 3.40. The number of aromatic nitrogens is 2. The van der Waals surface area contributed by atoms with Crippen LogP contribution in [0, 0.1) is 20.8 Å². The molecule has 2 aromatic rings. The van der Waals surface area contributed by atoms with Crippen molar-refractivity contribution in [2.75, 3.05) is 24.5 Å². The van der Waals surface area contributed by atoms with Crippen LogP contribution in [0.5, 0.6) is 0 Å². The van der Waals surface area contributed by atoms with Crippen molar-refractivity contribution in [1.29, 1.82) is 0 Å². The molecule has 25 heavy (non-hydrogen) atoms. The van der Waals surface area contributed by atoms with Gasteiger partial charge >= 0.3 is 0 Å². The number of nitrogens with zero attached hydrogens (tertiary/aromatic N) is 3. The van der Waals surface area contributed by atoms with Crippen molar-refractivity contribution in [3.63, 3.8) is 0 Å². The largest absolute Gasteiger partial charge is 0.370 e. The maximum atomic E-state index is 12.2. The molecule has 1 heterocycles. The topological polar surface area (TPSA) is 50.2 Å². The van der Waals surface area contributed by atoms with E-state index in [-0.39, 0.29) is 11.9 Å². The second kappa shape index (κ2) is 8.70. The Morgan fingerprint density at radius 3 is 2.64 bits per heavy atom. The van der Waals surface area contributed by atoms with E-state index >= 15 is 0 Å². The Labute approximate surface area is 151 Å². The molecule has 136 valence electrons. The van der Waals surface area contributed by atoms with Gasteiger partial charge in [-0.25, -0.2) is 0 Å². The van der Waals surface area contributed by atoms with E-state index in [2.05, 4.69) is 53.4 Å². The molecule has 1 atom stereocenters. The minimum absolute atomic E-state index is 0.0627. The SMILES string of the molecule is CCN(CCNC(=O)C[C@H](C)n1nc(C)cc1C)c1cccc(C)c1. The summed E-state index contributed by atoms with van der Waals surface area (Å²) in [4.78, 5) is 14.5. The second-order valence-electron chi connectivity index (χ2n) is 6.69. The molecule has 0 spiro atoms. The van der Waals surface area contributed by atoms with Crippen LogP contribution in [-0.4, -0.2) is 35.3 Å². The molecular formula is C20H30N4O. The van der Waals surface area contributed by atoms with Crippen molar-refractivity contribution in [2.45, 2.75) is 47.1 Å². The molecule has 1 aromatic carbocycles. The Balaban J connectivity index is 1.82. The summed E-state index contributed by atoms with van der Waals surface area (Å²) in [5, 5.41) is 7.50. The molecule has 0 aliphatic rings. The molecule has 0 unspecified atom stereocenters. The zero-order valence-electron chi connectivity index (χ0n) is 16.0. The lowest BCUT2D eigenvalue weighted by molar-refractivity contribution is -0.121. The van der Waals surface area contributed by atoms with Gasteiger partial charge < -0.3 is 10.2 Å². The Bertz CT molecular complexity index is 707. The summed E-state index contributed by atoms with van der Waals surface area (Å²) < 4.78 is 1.93. The third kappa shape index (κ3) is 5.34. The van der Waals surface area contributed by atoms with Crippen molar-refractivity contribution in [3.8, 4) is 0 Å². The lowest BCUT2D eigenvalue weighted by Gasteiger charge is -2.24. The smallest absolute Gasteiger partial charge is 0.222 e. The van der Waals surface area contributed by atoms with Gasteiger partial charge in [-0.15, -0.1) is 0 Å². The van der Waals surface area contributed by atoms with Crippen LogP contribution in [-0.2, 0) is 4.79 Å². The van der Waals surface area contributed by atoms with Crippen molar-refractivity contribution < 1.29 is 4.79 Å². The molecule has 1 aromatic heterocycles. The quantitative estimate of drug-likeness (QED) is 0.800. The molecule has 0 aliphatic carbocycles. The van der Waals surface area contributed by atoms with Crippen LogP contribution < -0.4 is 10.2 Å². The van der Waals surface area contributed by atoms with Crippen molar-refractivity contribution >= 4 is 11.6 Å². The number of amides is 1. The van der Waals surface area contributed by atoms with Crippen molar-refractivity contribution in [3.05, 3.63) is 47.3 Å². The van der Waals surface area contributed by atoms with E-state index in [1.54, 1.807) is 0 Å². The number of benzene rings is 1. The molecule has 0 bridgehead atoms. The monoisotopic (exact) mass is 342 g/mol. The number of carbonyl (C=O) groups is 1. The van der Waals surface area contributed by atoms with E-state index in [1.807, 2.05) is 31.5 Å². The van der Waals surface area contributed by atoms with Crippen LogP contribution >= 0.6 is 0 Å². The van der Waals surface area contributed by atoms with Crippen LogP contribution in [0.4, 0.5) is 5.69 Å². The molecule has 1 amide bonds. The molecule has 1 N–H and O–H groups in total. The van der Waals surface area contributed by atoms with Gasteiger partial charge in [-0.3, -0.25) is 9.48 Å². The Morgan fingerprint density at radius 2 is 2.04 bits per heavy atom. The van der Waals surface area contributed by atoms with Gasteiger partial charge in [-0.05, 0) is 58.4 Å². The van der Waals surface area contributed by atoms with Crippen LogP contribution in [0.15, 0.2) is 30.3 Å². The highest BCUT2D eigenvalue weighted by Gasteiger charge is 2.14. The van der Waals surface area contributed by atoms with Gasteiger partial charge in [0, 0.05) is 37.4 Å². The fraction of sp³-hybridized carbons (Fsp3) is 0.500. The third-order valence-corrected chi connectivity index (χ3v) is 4.40. The molecule has 0 fully saturated rings. The number of hydrogen-bond donors (Lipinski definition) is 1. The van der Waals surface area contributed by atoms with Gasteiger partial charge in [-0.1, -0.05) is 12.1 Å². The molecule has 2 rings (SSSR count). The average molecular weight is 342 g/mol. The van der Waals surface area contributed by atoms with Gasteiger partial charge in [0.15, 0.2) is 0 Å². The minimum Gasteiger partial charge on any atom is -0.370 e. The first-order valence-corrected chi connectivity index (χ1v) is 9.01. The number of carbonyl (C=O) groups excluding carboxylic acids is 1. The lowest BCUT2D eigenvalue weighted by atomic mass is 10.2. The first kappa shape index (κ1) is 19.0. The zero-order chi connectivity index (χ0) is 18.4. The van der Waals surface area contributed by atoms with Gasteiger partial charge in [0.25, 0.3) is 0 Å². The highest BCUT2D eigenvalue weighted by atomic mass is 16.1. The summed E-state index contributed by atoms with van der Waals surface area (Å²) in [6.45, 7) is 12.6. The number of likely N-dealkylation sites (N-methyl/N-ethyl adjacent to an activating group) is 1. The van der Waals surface area contributed by atoms with Crippen molar-refractivity contribution in [1.82, 2.24) is 15.1 Å². The summed E-state index contributed by atoms with van der Waals surface area (Å²) in [5.74, 6) is 0.0698. The first-order valence-electron chi connectivity index (χ1n) is 9.01. The standard InChI is InChI=1S/C20H30N4O/c1-6-23(19-9-7-8-15(2)12-19)11-10-21-20(25)14-18(5)24-17(4)13-16(3)22-24/h7-9,12-13,18H,6,10-11,14H2,1-5H3,(H,21,25)/t18-/m0/s1. The van der Waals surface area contributed by atoms with E-state index < -0.39 is 0 Å². The number of nitrogens with one attached hydrogen (secondary N) is 1. The van der Waals surface area contributed by atoms with Gasteiger partial charge in [0.05, 0.1) is 11.7 Å². The first-order chi connectivity index (χ1) is 11.9. The summed E-state index contributed by atoms with van der Waals surface area (Å²) in [6, 6.07) is 10.6. The molecule has 5 heteroatoms. The van der Waals surface area contributed by atoms with E-state index in [0.717, 1.165) is 24.5 Å². The predicted molar refractivity (Wildman–Crippen MR) is 103 cm³/mol. The van der Waals surface area contributed by atoms with Crippen LogP contribution in [0.2, 0.25) is 0 Å². The van der Waals surface area contributed by atoms with Crippen LogP contribution in [0.25, 0.3) is 0 Å². The molecular weight excluding hydrogens is 312 g/mol. The Hall–Kier alpha value is -2.30.